The third-order valence-electron chi connectivity index (χ3n) is 4.31. The molecule has 0 radical (unpaired) electrons. The molecule has 0 aromatic heterocycles. The Morgan fingerprint density at radius 1 is 1.17 bits per heavy atom. The van der Waals surface area contributed by atoms with Crippen LogP contribution < -0.4 is 0 Å². The lowest BCUT2D eigenvalue weighted by Crippen LogP contribution is -2.51. The molecule has 0 saturated carbocycles. The molecule has 3 nitrogen and oxygen atoms in total. The van der Waals surface area contributed by atoms with Crippen LogP contribution in [0.5, 0.6) is 0 Å². The number of ether oxygens (including phenoxy) is 1. The highest BCUT2D eigenvalue weighted by atomic mass is 79.9. The minimum Gasteiger partial charge on any atom is -0.445 e. The summed E-state index contributed by atoms with van der Waals surface area (Å²) in [6, 6.07) is 15.9. The second kappa shape index (κ2) is 6.36. The molecule has 1 heterocycles. The maximum atomic E-state index is 12.6. The van der Waals surface area contributed by atoms with Gasteiger partial charge in [-0.2, -0.15) is 0 Å². The molecule has 0 spiro atoms. The Labute approximate surface area is 145 Å². The number of amides is 1. The fourth-order valence-electron chi connectivity index (χ4n) is 2.97. The first-order chi connectivity index (χ1) is 11.0. The van der Waals surface area contributed by atoms with E-state index in [0.29, 0.717) is 13.2 Å². The topological polar surface area (TPSA) is 29.5 Å². The molecule has 2 aromatic rings. The van der Waals surface area contributed by atoms with Crippen molar-refractivity contribution in [3.63, 3.8) is 0 Å². The van der Waals surface area contributed by atoms with Crippen molar-refractivity contribution in [2.24, 2.45) is 0 Å². The van der Waals surface area contributed by atoms with Crippen LogP contribution in [0.15, 0.2) is 53.0 Å². The number of carbonyl (C=O) groups excluding carboxylic acids is 1. The first-order valence-corrected chi connectivity index (χ1v) is 8.51. The molecule has 1 aliphatic rings. The molecule has 0 saturated heterocycles. The summed E-state index contributed by atoms with van der Waals surface area (Å²) >= 11 is 3.62. The van der Waals surface area contributed by atoms with E-state index in [1.165, 1.54) is 11.1 Å². The van der Waals surface area contributed by atoms with E-state index in [9.17, 15) is 4.79 Å². The van der Waals surface area contributed by atoms with Crippen molar-refractivity contribution in [2.75, 3.05) is 0 Å². The summed E-state index contributed by atoms with van der Waals surface area (Å²) < 4.78 is 6.64. The highest BCUT2D eigenvalue weighted by Crippen LogP contribution is 2.35. The van der Waals surface area contributed by atoms with Gasteiger partial charge in [-0.1, -0.05) is 58.4 Å². The van der Waals surface area contributed by atoms with Gasteiger partial charge in [-0.05, 0) is 43.0 Å². The summed E-state index contributed by atoms with van der Waals surface area (Å²) in [7, 11) is 0. The summed E-state index contributed by atoms with van der Waals surface area (Å²) in [5.74, 6) is 0. The molecule has 0 bridgehead atoms. The molecule has 120 valence electrons. The summed E-state index contributed by atoms with van der Waals surface area (Å²) in [5.41, 5.74) is 3.18. The van der Waals surface area contributed by atoms with Gasteiger partial charge >= 0.3 is 6.09 Å². The Balaban J connectivity index is 1.75. The van der Waals surface area contributed by atoms with E-state index in [1.54, 1.807) is 0 Å². The zero-order valence-corrected chi connectivity index (χ0v) is 15.0. The van der Waals surface area contributed by atoms with Gasteiger partial charge in [-0.15, -0.1) is 0 Å². The van der Waals surface area contributed by atoms with E-state index < -0.39 is 0 Å². The molecule has 1 amide bonds. The average molecular weight is 374 g/mol. The molecule has 3 rings (SSSR count). The highest BCUT2D eigenvalue weighted by Gasteiger charge is 2.37. The third-order valence-corrected chi connectivity index (χ3v) is 5.05. The monoisotopic (exact) mass is 373 g/mol. The lowest BCUT2D eigenvalue weighted by atomic mass is 9.86. The van der Waals surface area contributed by atoms with Gasteiger partial charge in [0.1, 0.15) is 6.61 Å². The number of fused-ring (bicyclic) bond motifs is 1. The molecule has 23 heavy (non-hydrogen) atoms. The van der Waals surface area contributed by atoms with E-state index in [1.807, 2.05) is 41.3 Å². The molecule has 0 N–H and O–H groups in total. The van der Waals surface area contributed by atoms with Crippen molar-refractivity contribution in [2.45, 2.75) is 39.0 Å². The smallest absolute Gasteiger partial charge is 0.410 e. The van der Waals surface area contributed by atoms with E-state index in [-0.39, 0.29) is 11.6 Å². The van der Waals surface area contributed by atoms with Gasteiger partial charge in [0.25, 0.3) is 0 Å². The van der Waals surface area contributed by atoms with Crippen LogP contribution in [0.4, 0.5) is 4.79 Å². The Hall–Kier alpha value is -1.81. The lowest BCUT2D eigenvalue weighted by Gasteiger charge is -2.42. The number of hydrogen-bond donors (Lipinski definition) is 0. The predicted octanol–water partition coefficient (Wildman–Crippen LogP) is 4.92. The zero-order chi connectivity index (χ0) is 16.4. The molecule has 1 aliphatic heterocycles. The molecule has 0 atom stereocenters. The van der Waals surface area contributed by atoms with Crippen LogP contribution in [0.1, 0.15) is 30.5 Å². The van der Waals surface area contributed by atoms with Gasteiger partial charge < -0.3 is 4.74 Å². The second-order valence-corrected chi connectivity index (χ2v) is 7.35. The summed E-state index contributed by atoms with van der Waals surface area (Å²) in [6.07, 6.45) is 0.550. The van der Waals surface area contributed by atoms with Crippen molar-refractivity contribution in [3.05, 3.63) is 69.7 Å². The van der Waals surface area contributed by atoms with Gasteiger partial charge in [0.2, 0.25) is 0 Å². The normalized spacial score (nSPS) is 15.9. The molecular formula is C19H20BrNO2. The third kappa shape index (κ3) is 3.42. The van der Waals surface area contributed by atoms with Crippen molar-refractivity contribution in [1.29, 1.82) is 0 Å². The molecule has 0 unspecified atom stereocenters. The lowest BCUT2D eigenvalue weighted by molar-refractivity contribution is 0.0474. The quantitative estimate of drug-likeness (QED) is 0.747. The van der Waals surface area contributed by atoms with Crippen molar-refractivity contribution in [1.82, 2.24) is 4.90 Å². The van der Waals surface area contributed by atoms with Gasteiger partial charge in [-0.25, -0.2) is 4.79 Å². The van der Waals surface area contributed by atoms with Gasteiger partial charge in [0.05, 0.1) is 0 Å². The molecule has 4 heteroatoms. The molecule has 2 aromatic carbocycles. The summed E-state index contributed by atoms with van der Waals surface area (Å²) in [5, 5.41) is 0. The SMILES string of the molecule is CC1(C)Cc2c(Br)cccc2CN1C(=O)OCc1ccccc1. The summed E-state index contributed by atoms with van der Waals surface area (Å²) in [6.45, 7) is 5.05. The Kier molecular flexibility index (Phi) is 4.44. The Bertz CT molecular complexity index is 713. The van der Waals surface area contributed by atoms with Gasteiger partial charge in [-0.3, -0.25) is 4.90 Å². The number of rotatable bonds is 2. The van der Waals surface area contributed by atoms with Gasteiger partial charge in [0.15, 0.2) is 0 Å². The van der Waals surface area contributed by atoms with E-state index in [0.717, 1.165) is 16.5 Å². The number of nitrogens with zero attached hydrogens (tertiary/aromatic N) is 1. The zero-order valence-electron chi connectivity index (χ0n) is 13.4. The van der Waals surface area contributed by atoms with Crippen molar-refractivity contribution < 1.29 is 9.53 Å². The highest BCUT2D eigenvalue weighted by molar-refractivity contribution is 9.10. The Morgan fingerprint density at radius 2 is 1.91 bits per heavy atom. The molecular weight excluding hydrogens is 354 g/mol. The number of benzene rings is 2. The van der Waals surface area contributed by atoms with Crippen molar-refractivity contribution in [3.8, 4) is 0 Å². The predicted molar refractivity (Wildman–Crippen MR) is 94.1 cm³/mol. The van der Waals surface area contributed by atoms with E-state index >= 15 is 0 Å². The second-order valence-electron chi connectivity index (χ2n) is 6.49. The number of hydrogen-bond acceptors (Lipinski definition) is 2. The van der Waals surface area contributed by atoms with Crippen LogP contribution in [0, 0.1) is 0 Å². The van der Waals surface area contributed by atoms with Crippen LogP contribution in [0.2, 0.25) is 0 Å². The number of carbonyl (C=O) groups is 1. The van der Waals surface area contributed by atoms with E-state index in [4.69, 9.17) is 4.74 Å². The van der Waals surface area contributed by atoms with Crippen LogP contribution in [0.3, 0.4) is 0 Å². The Morgan fingerprint density at radius 3 is 2.65 bits per heavy atom. The average Bonchev–Trinajstić information content (AvgIpc) is 2.53. The largest absolute Gasteiger partial charge is 0.445 e. The van der Waals surface area contributed by atoms with Crippen LogP contribution >= 0.6 is 15.9 Å². The van der Waals surface area contributed by atoms with Crippen molar-refractivity contribution >= 4 is 22.0 Å². The van der Waals surface area contributed by atoms with Crippen LogP contribution in [-0.2, 0) is 24.3 Å². The number of halogens is 1. The van der Waals surface area contributed by atoms with Gasteiger partial charge in [0, 0.05) is 16.6 Å². The fourth-order valence-corrected chi connectivity index (χ4v) is 3.52. The van der Waals surface area contributed by atoms with Crippen LogP contribution in [0.25, 0.3) is 0 Å². The first kappa shape index (κ1) is 16.1. The first-order valence-electron chi connectivity index (χ1n) is 7.72. The maximum absolute atomic E-state index is 12.6. The van der Waals surface area contributed by atoms with E-state index in [2.05, 4.69) is 41.9 Å². The fraction of sp³-hybridized carbons (Fsp3) is 0.316. The summed E-state index contributed by atoms with van der Waals surface area (Å²) in [4.78, 5) is 14.4. The standard InChI is InChI=1S/C19H20BrNO2/c1-19(2)11-16-15(9-6-10-17(16)20)12-21(19)18(22)23-13-14-7-4-3-5-8-14/h3-10H,11-13H2,1-2H3. The molecule has 0 fully saturated rings. The minimum absolute atomic E-state index is 0.260. The van der Waals surface area contributed by atoms with Crippen LogP contribution in [-0.4, -0.2) is 16.5 Å². The molecule has 0 aliphatic carbocycles. The minimum atomic E-state index is -0.273. The maximum Gasteiger partial charge on any atom is 0.410 e.